The van der Waals surface area contributed by atoms with Gasteiger partial charge in [0, 0.05) is 27.5 Å². The smallest absolute Gasteiger partial charge is 0.164 e. The number of hydrogen-bond donors (Lipinski definition) is 0. The van der Waals surface area contributed by atoms with E-state index in [0.29, 0.717) is 17.5 Å². The number of fused-ring (bicyclic) bond motifs is 3. The van der Waals surface area contributed by atoms with E-state index >= 15 is 0 Å². The van der Waals surface area contributed by atoms with Crippen molar-refractivity contribution in [1.29, 1.82) is 0 Å². The summed E-state index contributed by atoms with van der Waals surface area (Å²) in [5, 5.41) is 2.17. The van der Waals surface area contributed by atoms with Gasteiger partial charge in [0.15, 0.2) is 17.5 Å². The van der Waals surface area contributed by atoms with E-state index in [1.165, 1.54) is 22.3 Å². The lowest BCUT2D eigenvalue weighted by atomic mass is 9.97. The molecule has 7 aromatic carbocycles. The molecule has 2 aromatic heterocycles. The molecule has 4 heteroatoms. The van der Waals surface area contributed by atoms with E-state index < -0.39 is 0 Å². The van der Waals surface area contributed by atoms with Crippen LogP contribution in [0.1, 0.15) is 0 Å². The van der Waals surface area contributed by atoms with E-state index in [1.807, 2.05) is 60.7 Å². The topological polar surface area (TPSA) is 51.8 Å². The highest BCUT2D eigenvalue weighted by Crippen LogP contribution is 2.33. The van der Waals surface area contributed by atoms with Crippen LogP contribution in [-0.4, -0.2) is 15.0 Å². The molecule has 0 aliphatic heterocycles. The Balaban J connectivity index is 1.04. The molecule has 0 N–H and O–H groups in total. The van der Waals surface area contributed by atoms with Gasteiger partial charge in [-0.05, 0) is 57.6 Å². The van der Waals surface area contributed by atoms with Crippen molar-refractivity contribution in [2.75, 3.05) is 0 Å². The molecule has 0 aliphatic rings. The maximum atomic E-state index is 6.18. The van der Waals surface area contributed by atoms with Crippen LogP contribution in [0.25, 0.3) is 89.5 Å². The zero-order valence-electron chi connectivity index (χ0n) is 26.5. The molecular weight excluding hydrogens is 599 g/mol. The molecule has 0 amide bonds. The first kappa shape index (κ1) is 28.6. The van der Waals surface area contributed by atoms with Crippen LogP contribution in [0.4, 0.5) is 0 Å². The van der Waals surface area contributed by atoms with Crippen LogP contribution in [0, 0.1) is 0 Å². The standard InChI is InChI=1S/C45H29N3O/c1-3-10-30(11-4-1)36-14-9-15-37(28-36)33-20-18-31(19-21-33)32-22-24-35(25-23-32)44-46-43(34-12-5-2-6-13-34)47-45(48-44)38-26-27-40-39-16-7-8-17-41(39)49-42(40)29-38/h1-29H. The molecule has 4 nitrogen and oxygen atoms in total. The number of nitrogens with zero attached hydrogens (tertiary/aromatic N) is 3. The monoisotopic (exact) mass is 627 g/mol. The van der Waals surface area contributed by atoms with Crippen molar-refractivity contribution >= 4 is 21.9 Å². The lowest BCUT2D eigenvalue weighted by molar-refractivity contribution is 0.669. The van der Waals surface area contributed by atoms with Crippen LogP contribution >= 0.6 is 0 Å². The van der Waals surface area contributed by atoms with Gasteiger partial charge in [-0.3, -0.25) is 0 Å². The second-order valence-electron chi connectivity index (χ2n) is 12.1. The summed E-state index contributed by atoms with van der Waals surface area (Å²) in [6, 6.07) is 60.7. The summed E-state index contributed by atoms with van der Waals surface area (Å²) in [5.74, 6) is 1.84. The van der Waals surface area contributed by atoms with Gasteiger partial charge in [0.05, 0.1) is 0 Å². The molecular formula is C45H29N3O. The summed E-state index contributed by atoms with van der Waals surface area (Å²) in [6.07, 6.45) is 0. The number of hydrogen-bond acceptors (Lipinski definition) is 4. The van der Waals surface area contributed by atoms with Gasteiger partial charge < -0.3 is 4.42 Å². The Kier molecular flexibility index (Phi) is 7.10. The Labute approximate surface area is 284 Å². The summed E-state index contributed by atoms with van der Waals surface area (Å²) in [7, 11) is 0. The lowest BCUT2D eigenvalue weighted by Gasteiger charge is -2.10. The van der Waals surface area contributed by atoms with Crippen LogP contribution in [-0.2, 0) is 0 Å². The third-order valence-electron chi connectivity index (χ3n) is 8.97. The number of benzene rings is 7. The molecule has 0 bridgehead atoms. The molecule has 2 heterocycles. The molecule has 0 fully saturated rings. The molecule has 9 rings (SSSR count). The second kappa shape index (κ2) is 12.2. The summed E-state index contributed by atoms with van der Waals surface area (Å²) in [5.41, 5.74) is 11.5. The highest BCUT2D eigenvalue weighted by Gasteiger charge is 2.15. The number of rotatable bonds is 6. The summed E-state index contributed by atoms with van der Waals surface area (Å²) < 4.78 is 6.18. The lowest BCUT2D eigenvalue weighted by Crippen LogP contribution is -2.00. The Morgan fingerprint density at radius 3 is 1.31 bits per heavy atom. The number of para-hydroxylation sites is 1. The fourth-order valence-corrected chi connectivity index (χ4v) is 6.39. The van der Waals surface area contributed by atoms with Gasteiger partial charge in [0.25, 0.3) is 0 Å². The van der Waals surface area contributed by atoms with Gasteiger partial charge in [0.2, 0.25) is 0 Å². The fraction of sp³-hybridized carbons (Fsp3) is 0. The van der Waals surface area contributed by atoms with Crippen LogP contribution in [0.2, 0.25) is 0 Å². The predicted molar refractivity (Wildman–Crippen MR) is 200 cm³/mol. The van der Waals surface area contributed by atoms with Crippen molar-refractivity contribution in [2.24, 2.45) is 0 Å². The molecule has 0 atom stereocenters. The number of furan rings is 1. The van der Waals surface area contributed by atoms with E-state index in [9.17, 15) is 0 Å². The van der Waals surface area contributed by atoms with Crippen LogP contribution in [0.15, 0.2) is 180 Å². The van der Waals surface area contributed by atoms with E-state index in [1.54, 1.807) is 0 Å². The first-order valence-corrected chi connectivity index (χ1v) is 16.4. The maximum absolute atomic E-state index is 6.18. The molecule has 0 unspecified atom stereocenters. The molecule has 0 radical (unpaired) electrons. The number of aromatic nitrogens is 3. The minimum absolute atomic E-state index is 0.599. The van der Waals surface area contributed by atoms with E-state index in [4.69, 9.17) is 19.4 Å². The molecule has 0 saturated carbocycles. The van der Waals surface area contributed by atoms with Crippen LogP contribution in [0.3, 0.4) is 0 Å². The van der Waals surface area contributed by atoms with Crippen molar-refractivity contribution in [1.82, 2.24) is 15.0 Å². The van der Waals surface area contributed by atoms with Crippen LogP contribution in [0.5, 0.6) is 0 Å². The van der Waals surface area contributed by atoms with Gasteiger partial charge >= 0.3 is 0 Å². The summed E-state index contributed by atoms with van der Waals surface area (Å²) >= 11 is 0. The molecule has 0 aliphatic carbocycles. The third-order valence-corrected chi connectivity index (χ3v) is 8.97. The Morgan fingerprint density at radius 1 is 0.265 bits per heavy atom. The normalized spacial score (nSPS) is 11.3. The summed E-state index contributed by atoms with van der Waals surface area (Å²) in [6.45, 7) is 0. The van der Waals surface area contributed by atoms with Crippen molar-refractivity contribution in [3.8, 4) is 67.5 Å². The Hall–Kier alpha value is -6.65. The highest BCUT2D eigenvalue weighted by molar-refractivity contribution is 6.05. The van der Waals surface area contributed by atoms with Crippen molar-refractivity contribution in [2.45, 2.75) is 0 Å². The highest BCUT2D eigenvalue weighted by atomic mass is 16.3. The fourth-order valence-electron chi connectivity index (χ4n) is 6.39. The maximum Gasteiger partial charge on any atom is 0.164 e. The SMILES string of the molecule is c1ccc(-c2cccc(-c3ccc(-c4ccc(-c5nc(-c6ccccc6)nc(-c6ccc7c(c6)oc6ccccc67)n5)cc4)cc3)c2)cc1. The van der Waals surface area contributed by atoms with Crippen LogP contribution < -0.4 is 0 Å². The quantitative estimate of drug-likeness (QED) is 0.184. The first-order valence-electron chi connectivity index (χ1n) is 16.4. The molecule has 0 saturated heterocycles. The van der Waals surface area contributed by atoms with Gasteiger partial charge in [-0.25, -0.2) is 15.0 Å². The Morgan fingerprint density at radius 2 is 0.673 bits per heavy atom. The zero-order chi connectivity index (χ0) is 32.6. The average Bonchev–Trinajstić information content (AvgIpc) is 3.57. The van der Waals surface area contributed by atoms with Gasteiger partial charge in [0.1, 0.15) is 11.2 Å². The Bertz CT molecular complexity index is 2570. The van der Waals surface area contributed by atoms with Gasteiger partial charge in [-0.15, -0.1) is 0 Å². The third kappa shape index (κ3) is 5.56. The largest absolute Gasteiger partial charge is 0.456 e. The van der Waals surface area contributed by atoms with E-state index in [2.05, 4.69) is 115 Å². The first-order chi connectivity index (χ1) is 24.2. The van der Waals surface area contributed by atoms with E-state index in [-0.39, 0.29) is 0 Å². The summed E-state index contributed by atoms with van der Waals surface area (Å²) in [4.78, 5) is 14.8. The average molecular weight is 628 g/mol. The van der Waals surface area contributed by atoms with Gasteiger partial charge in [-0.2, -0.15) is 0 Å². The molecule has 230 valence electrons. The second-order valence-corrected chi connectivity index (χ2v) is 12.1. The minimum Gasteiger partial charge on any atom is -0.456 e. The van der Waals surface area contributed by atoms with Crippen molar-refractivity contribution in [3.05, 3.63) is 176 Å². The van der Waals surface area contributed by atoms with Crippen molar-refractivity contribution < 1.29 is 4.42 Å². The predicted octanol–water partition coefficient (Wildman–Crippen LogP) is 11.8. The molecule has 49 heavy (non-hydrogen) atoms. The zero-order valence-corrected chi connectivity index (χ0v) is 26.5. The van der Waals surface area contributed by atoms with Crippen molar-refractivity contribution in [3.63, 3.8) is 0 Å². The molecule has 0 spiro atoms. The van der Waals surface area contributed by atoms with Gasteiger partial charge in [-0.1, -0.05) is 152 Å². The minimum atomic E-state index is 0.599. The molecule has 9 aromatic rings. The van der Waals surface area contributed by atoms with E-state index in [0.717, 1.165) is 49.8 Å².